The number of aromatic nitrogens is 1. The Morgan fingerprint density at radius 3 is 2.50 bits per heavy atom. The molecule has 0 N–H and O–H groups in total. The molecular formula is C26H35ClN4O3S2. The van der Waals surface area contributed by atoms with E-state index in [1.807, 2.05) is 40.1 Å². The number of amides is 1. The minimum atomic E-state index is -3.58. The van der Waals surface area contributed by atoms with E-state index in [1.165, 1.54) is 11.3 Å². The minimum Gasteiger partial charge on any atom is -0.309 e. The highest BCUT2D eigenvalue weighted by Crippen LogP contribution is 2.31. The topological polar surface area (TPSA) is 73.8 Å². The Kier molecular flexibility index (Phi) is 9.51. The summed E-state index contributed by atoms with van der Waals surface area (Å²) in [7, 11) is 0.439. The van der Waals surface area contributed by atoms with E-state index >= 15 is 0 Å². The average Bonchev–Trinajstić information content (AvgIpc) is 3.24. The molecule has 1 aliphatic rings. The Morgan fingerprint density at radius 2 is 1.83 bits per heavy atom. The number of fused-ring (bicyclic) bond motifs is 1. The number of halogens is 1. The van der Waals surface area contributed by atoms with Crippen molar-refractivity contribution in [2.24, 2.45) is 0 Å². The predicted molar refractivity (Wildman–Crippen MR) is 150 cm³/mol. The third-order valence-corrected chi connectivity index (χ3v) is 9.51. The van der Waals surface area contributed by atoms with Crippen LogP contribution >= 0.6 is 23.7 Å². The summed E-state index contributed by atoms with van der Waals surface area (Å²) in [4.78, 5) is 22.4. The van der Waals surface area contributed by atoms with Gasteiger partial charge < -0.3 is 4.90 Å². The first-order valence-electron chi connectivity index (χ1n) is 12.1. The van der Waals surface area contributed by atoms with E-state index < -0.39 is 10.0 Å². The van der Waals surface area contributed by atoms with Gasteiger partial charge in [0.2, 0.25) is 10.0 Å². The zero-order chi connectivity index (χ0) is 25.2. The van der Waals surface area contributed by atoms with E-state index in [0.717, 1.165) is 48.0 Å². The number of carbonyl (C=O) groups excluding carboxylic acids is 1. The summed E-state index contributed by atoms with van der Waals surface area (Å²) in [5.41, 5.74) is 2.48. The minimum absolute atomic E-state index is 0. The number of aryl methyl sites for hydroxylation is 1. The third kappa shape index (κ3) is 6.26. The van der Waals surface area contributed by atoms with Crippen molar-refractivity contribution in [3.63, 3.8) is 0 Å². The van der Waals surface area contributed by atoms with E-state index in [-0.39, 0.29) is 29.3 Å². The van der Waals surface area contributed by atoms with Gasteiger partial charge in [0, 0.05) is 24.7 Å². The second-order valence-corrected chi connectivity index (χ2v) is 12.5. The molecule has 1 aliphatic heterocycles. The molecule has 1 amide bonds. The number of hydrogen-bond donors (Lipinski definition) is 0. The fourth-order valence-corrected chi connectivity index (χ4v) is 7.24. The van der Waals surface area contributed by atoms with Crippen molar-refractivity contribution in [2.45, 2.75) is 50.5 Å². The fourth-order valence-electron chi connectivity index (χ4n) is 4.45. The summed E-state index contributed by atoms with van der Waals surface area (Å²) in [6.07, 6.45) is 3.60. The van der Waals surface area contributed by atoms with Gasteiger partial charge in [-0.05, 0) is 95.7 Å². The maximum Gasteiger partial charge on any atom is 0.260 e. The van der Waals surface area contributed by atoms with Crippen LogP contribution < -0.4 is 4.90 Å². The van der Waals surface area contributed by atoms with Crippen LogP contribution in [-0.4, -0.2) is 68.3 Å². The molecule has 10 heteroatoms. The number of anilines is 1. The number of sulfonamides is 1. The number of rotatable bonds is 8. The molecule has 2 heterocycles. The van der Waals surface area contributed by atoms with Gasteiger partial charge in [-0.2, -0.15) is 4.31 Å². The van der Waals surface area contributed by atoms with Crippen molar-refractivity contribution in [2.75, 3.05) is 38.6 Å². The smallest absolute Gasteiger partial charge is 0.260 e. The maximum absolute atomic E-state index is 13.6. The number of thiazole rings is 1. The summed E-state index contributed by atoms with van der Waals surface area (Å²) in [6.45, 7) is 5.92. The quantitative estimate of drug-likeness (QED) is 0.386. The van der Waals surface area contributed by atoms with Crippen molar-refractivity contribution in [1.29, 1.82) is 0 Å². The lowest BCUT2D eigenvalue weighted by Crippen LogP contribution is -2.41. The third-order valence-electron chi connectivity index (χ3n) is 6.45. The Balaban J connectivity index is 0.00000361. The van der Waals surface area contributed by atoms with E-state index in [0.29, 0.717) is 23.8 Å². The molecule has 196 valence electrons. The molecule has 0 bridgehead atoms. The van der Waals surface area contributed by atoms with Crippen LogP contribution in [0, 0.1) is 6.92 Å². The lowest BCUT2D eigenvalue weighted by Gasteiger charge is -2.32. The Labute approximate surface area is 224 Å². The fraction of sp³-hybridized carbons (Fsp3) is 0.462. The van der Waals surface area contributed by atoms with Crippen LogP contribution in [0.1, 0.15) is 48.5 Å². The van der Waals surface area contributed by atoms with Gasteiger partial charge in [-0.25, -0.2) is 13.4 Å². The SMILES string of the molecule is Cc1ccc2nc(N(CCCN(C)C)C(=O)c3ccc(S(=O)(=O)N4CCCCC4C)cc3)sc2c1.Cl. The molecule has 36 heavy (non-hydrogen) atoms. The van der Waals surface area contributed by atoms with E-state index in [2.05, 4.69) is 11.0 Å². The predicted octanol–water partition coefficient (Wildman–Crippen LogP) is 5.19. The standard InChI is InChI=1S/C26H34N4O3S2.ClH/c1-19-9-14-23-24(18-19)34-26(27-23)29(16-7-15-28(3)4)25(31)21-10-12-22(13-11-21)35(32,33)30-17-6-5-8-20(30)2;/h9-14,18,20H,5-8,15-17H2,1-4H3;1H. The van der Waals surface area contributed by atoms with Gasteiger partial charge in [0.15, 0.2) is 5.13 Å². The van der Waals surface area contributed by atoms with Crippen LogP contribution in [0.3, 0.4) is 0 Å². The molecule has 1 unspecified atom stereocenters. The highest BCUT2D eigenvalue weighted by molar-refractivity contribution is 7.89. The monoisotopic (exact) mass is 550 g/mol. The number of benzene rings is 2. The van der Waals surface area contributed by atoms with E-state index in [1.54, 1.807) is 33.5 Å². The molecule has 1 fully saturated rings. The number of carbonyl (C=O) groups is 1. The molecule has 0 aliphatic carbocycles. The van der Waals surface area contributed by atoms with Crippen molar-refractivity contribution in [3.8, 4) is 0 Å². The molecular weight excluding hydrogens is 516 g/mol. The van der Waals surface area contributed by atoms with Crippen LogP contribution in [0.2, 0.25) is 0 Å². The Bertz CT molecular complexity index is 1290. The zero-order valence-corrected chi connectivity index (χ0v) is 23.8. The molecule has 1 atom stereocenters. The van der Waals surface area contributed by atoms with E-state index in [9.17, 15) is 13.2 Å². The van der Waals surface area contributed by atoms with Gasteiger partial charge in [-0.1, -0.05) is 23.8 Å². The Morgan fingerprint density at radius 1 is 1.11 bits per heavy atom. The normalized spacial score (nSPS) is 16.8. The van der Waals surface area contributed by atoms with Crippen molar-refractivity contribution in [3.05, 3.63) is 53.6 Å². The molecule has 1 aromatic heterocycles. The molecule has 2 aromatic carbocycles. The van der Waals surface area contributed by atoms with Gasteiger partial charge >= 0.3 is 0 Å². The van der Waals surface area contributed by atoms with Crippen molar-refractivity contribution >= 4 is 55.0 Å². The zero-order valence-electron chi connectivity index (χ0n) is 21.3. The molecule has 0 spiro atoms. The van der Waals surface area contributed by atoms with Gasteiger partial charge in [0.1, 0.15) is 0 Å². The first-order valence-corrected chi connectivity index (χ1v) is 14.4. The summed E-state index contributed by atoms with van der Waals surface area (Å²) in [5, 5.41) is 0.660. The second kappa shape index (κ2) is 12.0. The van der Waals surface area contributed by atoms with Gasteiger partial charge in [0.25, 0.3) is 5.91 Å². The first kappa shape index (κ1) is 28.5. The van der Waals surface area contributed by atoms with Crippen molar-refractivity contribution in [1.82, 2.24) is 14.2 Å². The second-order valence-electron chi connectivity index (χ2n) is 9.57. The van der Waals surface area contributed by atoms with E-state index in [4.69, 9.17) is 4.98 Å². The lowest BCUT2D eigenvalue weighted by molar-refractivity contribution is 0.0986. The highest BCUT2D eigenvalue weighted by atomic mass is 35.5. The largest absolute Gasteiger partial charge is 0.309 e. The van der Waals surface area contributed by atoms with Crippen LogP contribution in [0.4, 0.5) is 5.13 Å². The van der Waals surface area contributed by atoms with Crippen molar-refractivity contribution < 1.29 is 13.2 Å². The number of piperidine rings is 1. The van der Waals surface area contributed by atoms with Crippen LogP contribution in [-0.2, 0) is 10.0 Å². The maximum atomic E-state index is 13.6. The van der Waals surface area contributed by atoms with Crippen LogP contribution in [0.15, 0.2) is 47.4 Å². The van der Waals surface area contributed by atoms with Gasteiger partial charge in [-0.3, -0.25) is 9.69 Å². The number of nitrogens with zero attached hydrogens (tertiary/aromatic N) is 4. The summed E-state index contributed by atoms with van der Waals surface area (Å²) in [6, 6.07) is 12.4. The summed E-state index contributed by atoms with van der Waals surface area (Å²) >= 11 is 1.51. The lowest BCUT2D eigenvalue weighted by atomic mass is 10.1. The molecule has 3 aromatic rings. The summed E-state index contributed by atoms with van der Waals surface area (Å²) in [5.74, 6) is -0.171. The summed E-state index contributed by atoms with van der Waals surface area (Å²) < 4.78 is 29.0. The highest BCUT2D eigenvalue weighted by Gasteiger charge is 2.31. The molecule has 1 saturated heterocycles. The molecule has 0 saturated carbocycles. The molecule has 7 nitrogen and oxygen atoms in total. The number of hydrogen-bond acceptors (Lipinski definition) is 6. The molecule has 0 radical (unpaired) electrons. The first-order chi connectivity index (χ1) is 16.7. The van der Waals surface area contributed by atoms with Gasteiger partial charge in [-0.15, -0.1) is 12.4 Å². The van der Waals surface area contributed by atoms with Gasteiger partial charge in [0.05, 0.1) is 15.1 Å². The molecule has 4 rings (SSSR count). The van der Waals surface area contributed by atoms with Crippen LogP contribution in [0.5, 0.6) is 0 Å². The average molecular weight is 551 g/mol. The Hall–Kier alpha value is -2.04. The van der Waals surface area contributed by atoms with Crippen LogP contribution in [0.25, 0.3) is 10.2 Å².